The van der Waals surface area contributed by atoms with E-state index >= 15 is 0 Å². The van der Waals surface area contributed by atoms with Crippen molar-refractivity contribution in [1.29, 1.82) is 0 Å². The van der Waals surface area contributed by atoms with Crippen LogP contribution < -0.4 is 4.31 Å². The Hall–Kier alpha value is -1.82. The number of nitrogens with zero attached hydrogens (tertiary/aromatic N) is 2. The number of nitro groups is 1. The van der Waals surface area contributed by atoms with E-state index in [-0.39, 0.29) is 0 Å². The van der Waals surface area contributed by atoms with Gasteiger partial charge in [0.05, 0.1) is 10.6 Å². The summed E-state index contributed by atoms with van der Waals surface area (Å²) in [5.41, 5.74) is 0.0991. The van der Waals surface area contributed by atoms with Gasteiger partial charge in [0.2, 0.25) is 5.82 Å². The summed E-state index contributed by atoms with van der Waals surface area (Å²) in [6.07, 6.45) is 9.52. The fourth-order valence-corrected chi connectivity index (χ4v) is 2.75. The Balaban J connectivity index is 0.00000116. The van der Waals surface area contributed by atoms with Crippen LogP contribution in [0, 0.1) is 15.9 Å². The predicted octanol–water partition coefficient (Wildman–Crippen LogP) is 5.47. The number of anilines is 1. The fraction of sp³-hybridized carbons (Fsp3) is 0.375. The number of hydrogen-bond acceptors (Lipinski definition) is 4. The zero-order chi connectivity index (χ0) is 16.5. The van der Waals surface area contributed by atoms with Crippen molar-refractivity contribution in [2.75, 3.05) is 11.4 Å². The smallest absolute Gasteiger partial charge is 0.306 e. The van der Waals surface area contributed by atoms with Gasteiger partial charge >= 0.3 is 5.69 Å². The van der Waals surface area contributed by atoms with Gasteiger partial charge in [-0.25, -0.2) is 0 Å². The summed E-state index contributed by atoms with van der Waals surface area (Å²) in [6.45, 7) is 4.00. The van der Waals surface area contributed by atoms with Crippen molar-refractivity contribution in [3.05, 3.63) is 57.3 Å². The summed E-state index contributed by atoms with van der Waals surface area (Å²) in [5, 5.41) is 10.7. The number of allylic oxidation sites excluding steroid dienone is 3. The molecule has 0 aliphatic heterocycles. The van der Waals surface area contributed by atoms with E-state index in [9.17, 15) is 14.5 Å². The highest BCUT2D eigenvalue weighted by Gasteiger charge is 2.16. The van der Waals surface area contributed by atoms with Crippen molar-refractivity contribution in [3.63, 3.8) is 0 Å². The molecule has 1 aliphatic rings. The fourth-order valence-electron chi connectivity index (χ4n) is 1.86. The molecule has 0 saturated carbocycles. The molecule has 1 aliphatic carbocycles. The first-order valence-electron chi connectivity index (χ1n) is 7.30. The molecule has 0 heterocycles. The van der Waals surface area contributed by atoms with Gasteiger partial charge in [0, 0.05) is 18.0 Å². The van der Waals surface area contributed by atoms with E-state index in [2.05, 4.69) is 12.2 Å². The minimum absolute atomic E-state index is 0.500. The summed E-state index contributed by atoms with van der Waals surface area (Å²) in [5.74, 6) is -0.814. The van der Waals surface area contributed by atoms with Crippen molar-refractivity contribution in [3.8, 4) is 0 Å². The van der Waals surface area contributed by atoms with E-state index in [4.69, 9.17) is 0 Å². The van der Waals surface area contributed by atoms with Crippen LogP contribution in [0.25, 0.3) is 0 Å². The molecular weight excluding hydrogens is 303 g/mol. The molecule has 2 rings (SSSR count). The quantitative estimate of drug-likeness (QED) is 0.418. The molecule has 0 saturated heterocycles. The second-order valence-electron chi connectivity index (χ2n) is 4.42. The zero-order valence-corrected chi connectivity index (χ0v) is 13.9. The Morgan fingerprint density at radius 1 is 1.32 bits per heavy atom. The number of halogens is 1. The summed E-state index contributed by atoms with van der Waals surface area (Å²) in [6, 6.07) is 3.92. The number of nitro benzene ring substituents is 1. The molecule has 0 aromatic heterocycles. The topological polar surface area (TPSA) is 46.4 Å². The third kappa shape index (κ3) is 5.18. The molecule has 0 bridgehead atoms. The molecule has 0 spiro atoms. The highest BCUT2D eigenvalue weighted by molar-refractivity contribution is 8.04. The van der Waals surface area contributed by atoms with Crippen LogP contribution in [0.5, 0.6) is 0 Å². The van der Waals surface area contributed by atoms with Gasteiger partial charge < -0.3 is 4.31 Å². The summed E-state index contributed by atoms with van der Waals surface area (Å²) in [4.78, 5) is 11.1. The van der Waals surface area contributed by atoms with Crippen molar-refractivity contribution < 1.29 is 9.31 Å². The molecule has 0 atom stereocenters. The van der Waals surface area contributed by atoms with Crippen LogP contribution in [0.2, 0.25) is 0 Å². The summed E-state index contributed by atoms with van der Waals surface area (Å²) in [7, 11) is 1.81. The Morgan fingerprint density at radius 2 is 2.05 bits per heavy atom. The van der Waals surface area contributed by atoms with Crippen LogP contribution in [0.15, 0.2) is 41.3 Å². The van der Waals surface area contributed by atoms with E-state index in [1.807, 2.05) is 19.9 Å². The third-order valence-corrected chi connectivity index (χ3v) is 3.93. The van der Waals surface area contributed by atoms with Gasteiger partial charge in [-0.3, -0.25) is 10.1 Å². The molecule has 0 amide bonds. The Bertz CT molecular complexity index is 573. The normalized spacial score (nSPS) is 13.5. The van der Waals surface area contributed by atoms with E-state index in [0.717, 1.165) is 30.2 Å². The van der Waals surface area contributed by atoms with Gasteiger partial charge in [-0.15, -0.1) is 0 Å². The molecule has 0 fully saturated rings. The second kappa shape index (κ2) is 9.25. The maximum Gasteiger partial charge on any atom is 0.306 e. The zero-order valence-electron chi connectivity index (χ0n) is 13.1. The van der Waals surface area contributed by atoms with Crippen molar-refractivity contribution in [2.45, 2.75) is 33.1 Å². The molecule has 0 N–H and O–H groups in total. The van der Waals surface area contributed by atoms with Crippen LogP contribution in [-0.4, -0.2) is 12.0 Å². The van der Waals surface area contributed by atoms with Crippen LogP contribution in [0.4, 0.5) is 15.8 Å². The maximum absolute atomic E-state index is 13.3. The number of hydrogen-bond donors (Lipinski definition) is 0. The first-order chi connectivity index (χ1) is 10.6. The van der Waals surface area contributed by atoms with E-state index in [1.165, 1.54) is 24.1 Å². The third-order valence-electron chi connectivity index (χ3n) is 2.93. The minimum Gasteiger partial charge on any atom is -0.315 e. The first kappa shape index (κ1) is 18.2. The van der Waals surface area contributed by atoms with Gasteiger partial charge in [-0.1, -0.05) is 32.1 Å². The standard InChI is InChI=1S/C14H15FN2O2S.C2H6/c1-16(20-12-6-4-2-3-5-7-12)11-8-9-13(15)14(10-11)17(18)19;1-2/h4,6-10H,2-3,5H2,1H3;1-2H3. The average molecular weight is 324 g/mol. The molecule has 1 aromatic carbocycles. The van der Waals surface area contributed by atoms with Crippen LogP contribution >= 0.6 is 11.9 Å². The molecule has 22 heavy (non-hydrogen) atoms. The molecule has 0 unspecified atom stereocenters. The lowest BCUT2D eigenvalue weighted by atomic mass is 10.2. The maximum atomic E-state index is 13.3. The van der Waals surface area contributed by atoms with Gasteiger partial charge in [0.1, 0.15) is 0 Å². The van der Waals surface area contributed by atoms with Crippen molar-refractivity contribution >= 4 is 23.3 Å². The van der Waals surface area contributed by atoms with Gasteiger partial charge in [0.15, 0.2) is 0 Å². The van der Waals surface area contributed by atoms with Crippen LogP contribution in [-0.2, 0) is 0 Å². The van der Waals surface area contributed by atoms with Gasteiger partial charge in [0.25, 0.3) is 0 Å². The number of rotatable bonds is 4. The number of benzene rings is 1. The molecule has 6 heteroatoms. The van der Waals surface area contributed by atoms with Crippen LogP contribution in [0.3, 0.4) is 0 Å². The van der Waals surface area contributed by atoms with Crippen molar-refractivity contribution in [1.82, 2.24) is 0 Å². The van der Waals surface area contributed by atoms with E-state index in [1.54, 1.807) is 11.4 Å². The predicted molar refractivity (Wildman–Crippen MR) is 91.5 cm³/mol. The molecule has 120 valence electrons. The first-order valence-corrected chi connectivity index (χ1v) is 8.07. The summed E-state index contributed by atoms with van der Waals surface area (Å²) < 4.78 is 15.1. The average Bonchev–Trinajstić information content (AvgIpc) is 2.78. The largest absolute Gasteiger partial charge is 0.315 e. The Labute approximate surface area is 135 Å². The van der Waals surface area contributed by atoms with Crippen molar-refractivity contribution in [2.24, 2.45) is 0 Å². The Morgan fingerprint density at radius 3 is 2.73 bits per heavy atom. The van der Waals surface area contributed by atoms with Gasteiger partial charge in [-0.2, -0.15) is 4.39 Å². The minimum atomic E-state index is -0.814. The monoisotopic (exact) mass is 324 g/mol. The highest BCUT2D eigenvalue weighted by Crippen LogP contribution is 2.31. The van der Waals surface area contributed by atoms with Gasteiger partial charge in [-0.05, 0) is 43.3 Å². The van der Waals surface area contributed by atoms with E-state index in [0.29, 0.717) is 5.69 Å². The molecule has 1 aromatic rings. The molecular formula is C16H21FN2O2S. The summed E-state index contributed by atoms with van der Waals surface area (Å²) >= 11 is 1.48. The lowest BCUT2D eigenvalue weighted by Gasteiger charge is -2.18. The lowest BCUT2D eigenvalue weighted by Crippen LogP contribution is -2.07. The molecule has 0 radical (unpaired) electrons. The lowest BCUT2D eigenvalue weighted by molar-refractivity contribution is -0.387. The Kier molecular flexibility index (Phi) is 7.66. The van der Waals surface area contributed by atoms with E-state index < -0.39 is 16.4 Å². The second-order valence-corrected chi connectivity index (χ2v) is 5.62. The SMILES string of the molecule is CC.CN(SC1=CCCCC=C1)c1ccc(F)c([N+](=O)[O-])c1. The highest BCUT2D eigenvalue weighted by atomic mass is 32.2. The molecule has 4 nitrogen and oxygen atoms in total. The van der Waals surface area contributed by atoms with Crippen LogP contribution in [0.1, 0.15) is 33.1 Å².